The molecule has 4 aliphatic rings. The lowest BCUT2D eigenvalue weighted by molar-refractivity contribution is -0.120. The van der Waals surface area contributed by atoms with Gasteiger partial charge in [0.05, 0.1) is 22.1 Å². The van der Waals surface area contributed by atoms with Gasteiger partial charge in [-0.2, -0.15) is 19.6 Å². The number of imide groups is 1. The van der Waals surface area contributed by atoms with Crippen molar-refractivity contribution in [2.75, 3.05) is 54.9 Å². The zero-order valence-corrected chi connectivity index (χ0v) is 31.5. The number of urea groups is 1. The first-order valence-corrected chi connectivity index (χ1v) is 20.0. The molecule has 6 heterocycles. The Morgan fingerprint density at radius 1 is 1.00 bits per heavy atom. The van der Waals surface area contributed by atoms with Crippen LogP contribution in [0.1, 0.15) is 54.7 Å². The van der Waals surface area contributed by atoms with E-state index in [1.807, 2.05) is 31.3 Å². The van der Waals surface area contributed by atoms with E-state index in [4.69, 9.17) is 0 Å². The highest BCUT2D eigenvalue weighted by Gasteiger charge is 2.32. The molecular formula is C38H43N11O5S. The number of likely N-dealkylation sites (N-methyl/N-ethyl adjacent to an activating group) is 1. The number of sulfonamides is 1. The smallest absolute Gasteiger partial charge is 0.329 e. The van der Waals surface area contributed by atoms with Crippen molar-refractivity contribution in [2.24, 2.45) is 7.05 Å². The lowest BCUT2D eigenvalue weighted by atomic mass is 9.89. The Morgan fingerprint density at radius 2 is 1.78 bits per heavy atom. The van der Waals surface area contributed by atoms with Gasteiger partial charge in [0, 0.05) is 69.9 Å². The Kier molecular flexibility index (Phi) is 9.76. The number of aliphatic hydroxyl groups excluding tert-OH is 1. The van der Waals surface area contributed by atoms with Gasteiger partial charge < -0.3 is 15.3 Å². The molecule has 3 fully saturated rings. The van der Waals surface area contributed by atoms with Crippen molar-refractivity contribution in [1.82, 2.24) is 34.3 Å². The molecule has 0 radical (unpaired) electrons. The molecule has 17 heteroatoms. The number of nitrogens with zero attached hydrogens (tertiary/aromatic N) is 9. The van der Waals surface area contributed by atoms with Gasteiger partial charge in [0.15, 0.2) is 12.0 Å². The number of hydrogen-bond donors (Lipinski definition) is 3. The monoisotopic (exact) mass is 765 g/mol. The summed E-state index contributed by atoms with van der Waals surface area (Å²) in [6, 6.07) is 15.1. The minimum atomic E-state index is -3.69. The number of fused-ring (bicyclic) bond motifs is 2. The van der Waals surface area contributed by atoms with Crippen LogP contribution in [0.15, 0.2) is 59.1 Å². The second kappa shape index (κ2) is 14.7. The summed E-state index contributed by atoms with van der Waals surface area (Å²) in [4.78, 5) is 38.8. The zero-order valence-electron chi connectivity index (χ0n) is 30.7. The van der Waals surface area contributed by atoms with Gasteiger partial charge in [-0.05, 0) is 86.2 Å². The predicted octanol–water partition coefficient (Wildman–Crippen LogP) is 3.13. The number of aliphatic hydroxyl groups is 1. The number of benzene rings is 2. The lowest BCUT2D eigenvalue weighted by Gasteiger charge is -2.33. The molecule has 4 aliphatic heterocycles. The SMILES string of the molecule is CN1c2nc(NC3CCN(S(=O)(=O)c4cccc(CN5CCC(c6ccc7c(N8CCC(=O)NC8=O)nn(C)c7c6)CC5)c4)CC3)ncc2C=C(C#N)C1O. The Hall–Kier alpha value is -5.41. The Bertz CT molecular complexity index is 2340. The summed E-state index contributed by atoms with van der Waals surface area (Å²) >= 11 is 0. The van der Waals surface area contributed by atoms with E-state index in [-0.39, 0.29) is 23.9 Å². The van der Waals surface area contributed by atoms with Gasteiger partial charge in [0.2, 0.25) is 21.9 Å². The molecule has 2 aromatic carbocycles. The number of piperidine rings is 2. The molecule has 1 unspecified atom stereocenters. The van der Waals surface area contributed by atoms with E-state index in [2.05, 4.69) is 42.7 Å². The molecule has 0 spiro atoms. The Morgan fingerprint density at radius 3 is 2.53 bits per heavy atom. The first-order chi connectivity index (χ1) is 26.5. The third-order valence-corrected chi connectivity index (χ3v) is 13.1. The molecule has 0 bridgehead atoms. The van der Waals surface area contributed by atoms with E-state index in [1.165, 1.54) is 15.4 Å². The van der Waals surface area contributed by atoms with Crippen molar-refractivity contribution in [3.63, 3.8) is 0 Å². The van der Waals surface area contributed by atoms with E-state index in [1.54, 1.807) is 40.4 Å². The highest BCUT2D eigenvalue weighted by Crippen LogP contribution is 2.35. The predicted molar refractivity (Wildman–Crippen MR) is 205 cm³/mol. The second-order valence-electron chi connectivity index (χ2n) is 14.7. The third kappa shape index (κ3) is 7.13. The van der Waals surface area contributed by atoms with Crippen molar-refractivity contribution < 1.29 is 23.1 Å². The topological polar surface area (TPSA) is 193 Å². The molecule has 3 saturated heterocycles. The van der Waals surface area contributed by atoms with Gasteiger partial charge in [-0.3, -0.25) is 24.6 Å². The molecule has 3 amide bonds. The van der Waals surface area contributed by atoms with E-state index in [0.29, 0.717) is 73.0 Å². The van der Waals surface area contributed by atoms with Crippen LogP contribution in [-0.2, 0) is 28.4 Å². The van der Waals surface area contributed by atoms with E-state index in [9.17, 15) is 28.4 Å². The van der Waals surface area contributed by atoms with Crippen LogP contribution in [0, 0.1) is 11.3 Å². The van der Waals surface area contributed by atoms with Crippen LogP contribution in [-0.4, -0.2) is 106 Å². The number of aryl methyl sites for hydroxylation is 1. The summed E-state index contributed by atoms with van der Waals surface area (Å²) in [7, 11) is -0.159. The number of anilines is 3. The van der Waals surface area contributed by atoms with Gasteiger partial charge in [-0.1, -0.05) is 18.2 Å². The summed E-state index contributed by atoms with van der Waals surface area (Å²) in [5.41, 5.74) is 3.98. The van der Waals surface area contributed by atoms with Gasteiger partial charge in [-0.25, -0.2) is 18.2 Å². The summed E-state index contributed by atoms with van der Waals surface area (Å²) in [5, 5.41) is 30.9. The number of likely N-dealkylation sites (tertiary alicyclic amines) is 1. The maximum absolute atomic E-state index is 13.8. The van der Waals surface area contributed by atoms with Crippen LogP contribution in [0.5, 0.6) is 0 Å². The molecule has 3 N–H and O–H groups in total. The van der Waals surface area contributed by atoms with Crippen molar-refractivity contribution in [1.29, 1.82) is 5.26 Å². The number of carbonyl (C=O) groups is 2. The Balaban J connectivity index is 0.855. The van der Waals surface area contributed by atoms with Gasteiger partial charge >= 0.3 is 6.03 Å². The summed E-state index contributed by atoms with van der Waals surface area (Å²) in [6.07, 6.45) is 5.44. The molecule has 0 aliphatic carbocycles. The van der Waals surface area contributed by atoms with Crippen LogP contribution in [0.25, 0.3) is 17.0 Å². The highest BCUT2D eigenvalue weighted by molar-refractivity contribution is 7.89. The molecule has 16 nitrogen and oxygen atoms in total. The van der Waals surface area contributed by atoms with Gasteiger partial charge in [-0.15, -0.1) is 0 Å². The van der Waals surface area contributed by atoms with Crippen molar-refractivity contribution in [3.05, 3.63) is 70.9 Å². The van der Waals surface area contributed by atoms with Crippen LogP contribution in [0.4, 0.5) is 22.4 Å². The van der Waals surface area contributed by atoms with Gasteiger partial charge in [0.25, 0.3) is 0 Å². The number of rotatable bonds is 8. The van der Waals surface area contributed by atoms with Crippen molar-refractivity contribution in [2.45, 2.75) is 61.7 Å². The van der Waals surface area contributed by atoms with Crippen LogP contribution >= 0.6 is 0 Å². The fraction of sp³-hybridized carbons (Fsp3) is 0.421. The number of carbonyl (C=O) groups excluding carboxylic acids is 2. The molecule has 55 heavy (non-hydrogen) atoms. The normalized spacial score (nSPS) is 20.6. The molecule has 1 atom stereocenters. The minimum absolute atomic E-state index is 0.0258. The van der Waals surface area contributed by atoms with E-state index < -0.39 is 22.3 Å². The number of amides is 3. The second-order valence-corrected chi connectivity index (χ2v) is 16.6. The third-order valence-electron chi connectivity index (χ3n) is 11.2. The van der Waals surface area contributed by atoms with Crippen LogP contribution in [0.3, 0.4) is 0 Å². The molecule has 286 valence electrons. The van der Waals surface area contributed by atoms with Crippen LogP contribution in [0.2, 0.25) is 0 Å². The number of aromatic nitrogens is 4. The number of nitrogens with one attached hydrogen (secondary N) is 2. The summed E-state index contributed by atoms with van der Waals surface area (Å²) in [6.45, 7) is 3.43. The first kappa shape index (κ1) is 36.6. The minimum Gasteiger partial charge on any atom is -0.369 e. The number of nitriles is 1. The maximum Gasteiger partial charge on any atom is 0.329 e. The summed E-state index contributed by atoms with van der Waals surface area (Å²) in [5.74, 6) is 1.54. The average Bonchev–Trinajstić information content (AvgIpc) is 3.51. The average molecular weight is 766 g/mol. The molecule has 8 rings (SSSR count). The molecule has 4 aromatic rings. The zero-order chi connectivity index (χ0) is 38.4. The number of hydrogen-bond acceptors (Lipinski definition) is 12. The highest BCUT2D eigenvalue weighted by atomic mass is 32.2. The molecule has 0 saturated carbocycles. The van der Waals surface area contributed by atoms with Crippen molar-refractivity contribution in [3.8, 4) is 6.07 Å². The van der Waals surface area contributed by atoms with Gasteiger partial charge in [0.1, 0.15) is 5.82 Å². The van der Waals surface area contributed by atoms with Crippen LogP contribution < -0.4 is 20.4 Å². The maximum atomic E-state index is 13.8. The fourth-order valence-corrected chi connectivity index (χ4v) is 9.57. The lowest BCUT2D eigenvalue weighted by Crippen LogP contribution is -2.49. The quantitative estimate of drug-likeness (QED) is 0.238. The largest absolute Gasteiger partial charge is 0.369 e. The molecule has 2 aromatic heterocycles. The first-order valence-electron chi connectivity index (χ1n) is 18.5. The van der Waals surface area contributed by atoms with E-state index >= 15 is 0 Å². The Labute approximate surface area is 319 Å². The standard InChI is InChI=1S/C38H43N11O5S/c1-45-34-28(19-27(21-39)36(45)51)22-40-37(43-34)41-29-10-15-48(16-11-29)55(53,54)30-5-3-4-24(18-30)23-47-13-8-25(9-14-47)26-6-7-31-32(20-26)46(2)44-35(31)49-17-12-33(50)42-38(49)52/h3-7,18-20,22,25,29,36,51H,8-17,23H2,1-2H3,(H,40,41,43)(H,42,50,52). The molecular weight excluding hydrogens is 723 g/mol. The van der Waals surface area contributed by atoms with E-state index in [0.717, 1.165) is 42.4 Å². The van der Waals surface area contributed by atoms with Crippen molar-refractivity contribution >= 4 is 56.5 Å². The summed E-state index contributed by atoms with van der Waals surface area (Å²) < 4.78 is 30.9. The fourth-order valence-electron chi connectivity index (χ4n) is 8.03.